The molecule has 1 amide bonds. The van der Waals surface area contributed by atoms with Crippen molar-refractivity contribution in [3.05, 3.63) is 23.7 Å². The molecule has 162 valence electrons. The molecule has 13 heteroatoms. The Balaban J connectivity index is 0.00000450. The fourth-order valence-corrected chi connectivity index (χ4v) is 2.85. The average Bonchev–Trinajstić information content (AvgIpc) is 3.15. The summed E-state index contributed by atoms with van der Waals surface area (Å²) in [5.41, 5.74) is 0.448. The van der Waals surface area contributed by atoms with E-state index >= 15 is 0 Å². The molecule has 0 bridgehead atoms. The van der Waals surface area contributed by atoms with Gasteiger partial charge in [0.15, 0.2) is 0 Å². The fourth-order valence-electron chi connectivity index (χ4n) is 2.85. The van der Waals surface area contributed by atoms with Crippen LogP contribution >= 0.6 is 0 Å². The molecule has 0 aliphatic carbocycles. The molecule has 0 aromatic carbocycles. The molecule has 0 saturated heterocycles. The second kappa shape index (κ2) is 11.7. The second-order valence-corrected chi connectivity index (χ2v) is 6.94. The molecule has 0 spiro atoms. The summed E-state index contributed by atoms with van der Waals surface area (Å²) in [4.78, 5) is 23.8. The minimum Gasteiger partial charge on any atom is -0.542 e. The van der Waals surface area contributed by atoms with Gasteiger partial charge in [0.25, 0.3) is 0 Å². The van der Waals surface area contributed by atoms with Gasteiger partial charge in [-0.1, -0.05) is 19.1 Å². The molecule has 30 heavy (non-hydrogen) atoms. The number of ether oxygens (including phenoxy) is 2. The maximum absolute atomic E-state index is 12.3. The van der Waals surface area contributed by atoms with Gasteiger partial charge in [0, 0.05) is 13.0 Å². The van der Waals surface area contributed by atoms with E-state index in [1.54, 1.807) is 13.8 Å². The molecule has 1 aromatic heterocycles. The molecule has 1 aromatic rings. The number of carboxylic acids is 1. The summed E-state index contributed by atoms with van der Waals surface area (Å²) in [5, 5.41) is 51.4. The first-order valence-electron chi connectivity index (χ1n) is 8.96. The van der Waals surface area contributed by atoms with Crippen LogP contribution in [0.4, 0.5) is 0 Å². The number of hydrogen-bond acceptors (Lipinski definition) is 10. The van der Waals surface area contributed by atoms with Crippen molar-refractivity contribution >= 4 is 11.9 Å². The van der Waals surface area contributed by atoms with Crippen LogP contribution in [0.15, 0.2) is 18.0 Å². The Hall–Kier alpha value is -1.54. The molecular formula is C17H25N4NaO8. The Labute approximate surface area is 195 Å². The van der Waals surface area contributed by atoms with Crippen LogP contribution < -0.4 is 40.0 Å². The zero-order chi connectivity index (χ0) is 21.7. The van der Waals surface area contributed by atoms with E-state index in [9.17, 15) is 30.0 Å². The van der Waals surface area contributed by atoms with Gasteiger partial charge in [-0.15, -0.1) is 5.10 Å². The topological polar surface area (TPSA) is 179 Å². The molecule has 1 aliphatic rings. The first kappa shape index (κ1) is 26.5. The molecule has 0 saturated carbocycles. The van der Waals surface area contributed by atoms with Crippen molar-refractivity contribution in [3.63, 3.8) is 0 Å². The molecule has 1 unspecified atom stereocenters. The van der Waals surface area contributed by atoms with E-state index in [-0.39, 0.29) is 36.2 Å². The molecule has 0 fully saturated rings. The number of methoxy groups -OCH3 is 1. The molecular weight excluding hydrogens is 411 g/mol. The molecule has 5 atom stereocenters. The number of nitrogens with one attached hydrogen (secondary N) is 1. The van der Waals surface area contributed by atoms with Gasteiger partial charge in [0.1, 0.15) is 35.7 Å². The minimum absolute atomic E-state index is 0. The number of hydrogen-bond donors (Lipinski definition) is 4. The van der Waals surface area contributed by atoms with Crippen molar-refractivity contribution in [2.45, 2.75) is 50.8 Å². The summed E-state index contributed by atoms with van der Waals surface area (Å²) < 4.78 is 11.6. The number of aliphatic hydroxyl groups is 3. The third-order valence-electron chi connectivity index (χ3n) is 4.41. The Morgan fingerprint density at radius 3 is 2.60 bits per heavy atom. The summed E-state index contributed by atoms with van der Waals surface area (Å²) in [6.45, 7) is 2.65. The Kier molecular flexibility index (Phi) is 10.4. The zero-order valence-corrected chi connectivity index (χ0v) is 19.3. The first-order chi connectivity index (χ1) is 13.7. The Morgan fingerprint density at radius 2 is 2.07 bits per heavy atom. The van der Waals surface area contributed by atoms with E-state index in [1.807, 2.05) is 0 Å². The normalized spacial score (nSPS) is 23.0. The Bertz CT molecular complexity index is 756. The predicted molar refractivity (Wildman–Crippen MR) is 93.6 cm³/mol. The van der Waals surface area contributed by atoms with E-state index in [0.29, 0.717) is 5.69 Å². The van der Waals surface area contributed by atoms with Gasteiger partial charge in [-0.25, -0.2) is 4.68 Å². The largest absolute Gasteiger partial charge is 1.00 e. The van der Waals surface area contributed by atoms with Crippen molar-refractivity contribution < 1.29 is 69.0 Å². The molecule has 2 heterocycles. The number of carbonyl (C=O) groups is 2. The third-order valence-corrected chi connectivity index (χ3v) is 4.41. The number of amides is 1. The summed E-state index contributed by atoms with van der Waals surface area (Å²) in [5.74, 6) is -3.09. The number of aliphatic carboxylic acids is 1. The van der Waals surface area contributed by atoms with Crippen molar-refractivity contribution in [1.82, 2.24) is 20.3 Å². The van der Waals surface area contributed by atoms with Crippen molar-refractivity contribution in [1.29, 1.82) is 0 Å². The summed E-state index contributed by atoms with van der Waals surface area (Å²) in [6, 6.07) is -1.98. The predicted octanol–water partition coefficient (Wildman–Crippen LogP) is -6.14. The number of aliphatic hydroxyl groups excluding tert-OH is 3. The van der Waals surface area contributed by atoms with Gasteiger partial charge >= 0.3 is 29.6 Å². The van der Waals surface area contributed by atoms with E-state index in [1.165, 1.54) is 24.1 Å². The van der Waals surface area contributed by atoms with Crippen LogP contribution in [0.25, 0.3) is 0 Å². The van der Waals surface area contributed by atoms with Gasteiger partial charge in [-0.3, -0.25) is 4.79 Å². The average molecular weight is 436 g/mol. The second-order valence-electron chi connectivity index (χ2n) is 6.94. The fraction of sp³-hybridized carbons (Fsp3) is 0.647. The SMILES string of the molecule is COCc1cn([C@H]2C=C(C(=O)[O-])O[C@@H]([C@H](O)C(O)CO)[C@@H]2NC(=O)C(C)C)nn1.[Na+]. The van der Waals surface area contributed by atoms with Gasteiger partial charge in [0.05, 0.1) is 31.5 Å². The third kappa shape index (κ3) is 6.23. The first-order valence-corrected chi connectivity index (χ1v) is 8.96. The summed E-state index contributed by atoms with van der Waals surface area (Å²) >= 11 is 0. The monoisotopic (exact) mass is 436 g/mol. The summed E-state index contributed by atoms with van der Waals surface area (Å²) in [6.07, 6.45) is -2.12. The molecule has 1 aliphatic heterocycles. The van der Waals surface area contributed by atoms with Crippen LogP contribution in [0, 0.1) is 5.92 Å². The Morgan fingerprint density at radius 1 is 1.40 bits per heavy atom. The van der Waals surface area contributed by atoms with Gasteiger partial charge in [-0.2, -0.15) is 0 Å². The van der Waals surface area contributed by atoms with E-state index in [0.717, 1.165) is 0 Å². The van der Waals surface area contributed by atoms with Crippen LogP contribution in [0.1, 0.15) is 25.6 Å². The van der Waals surface area contributed by atoms with Gasteiger partial charge in [0.2, 0.25) is 5.91 Å². The number of nitrogens with zero attached hydrogens (tertiary/aromatic N) is 3. The van der Waals surface area contributed by atoms with E-state index in [4.69, 9.17) is 9.47 Å². The molecule has 4 N–H and O–H groups in total. The van der Waals surface area contributed by atoms with Crippen LogP contribution in [0.3, 0.4) is 0 Å². The van der Waals surface area contributed by atoms with Gasteiger partial charge in [-0.05, 0) is 6.08 Å². The standard InChI is InChI=1S/C17H26N4O8.Na/c1-8(2)16(25)18-13-10(21-5-9(7-28-3)19-20-21)4-12(17(26)27)29-15(13)14(24)11(23)6-22;/h4-5,8,10-11,13-15,22-24H,6-7H2,1-3H3,(H,18,25)(H,26,27);/q;+1/p-1/t10-,11?,13+,14+,15+;/m0./s1. The molecule has 2 rings (SSSR count). The smallest absolute Gasteiger partial charge is 0.542 e. The number of carbonyl (C=O) groups excluding carboxylic acids is 2. The molecule has 0 radical (unpaired) electrons. The van der Waals surface area contributed by atoms with Crippen molar-refractivity contribution in [3.8, 4) is 0 Å². The number of aromatic nitrogens is 3. The maximum atomic E-state index is 12.3. The molecule has 12 nitrogen and oxygen atoms in total. The van der Waals surface area contributed by atoms with Crippen LogP contribution in [0.2, 0.25) is 0 Å². The zero-order valence-electron chi connectivity index (χ0n) is 17.3. The maximum Gasteiger partial charge on any atom is 1.00 e. The van der Waals surface area contributed by atoms with Gasteiger partial charge < -0.3 is 40.0 Å². The minimum atomic E-state index is -1.72. The van der Waals surface area contributed by atoms with Crippen LogP contribution in [-0.4, -0.2) is 80.3 Å². The quantitative estimate of drug-likeness (QED) is 0.272. The number of carboxylic acid groups (broad SMARTS) is 1. The van der Waals surface area contributed by atoms with Crippen LogP contribution in [-0.2, 0) is 25.7 Å². The van der Waals surface area contributed by atoms with E-state index < -0.39 is 60.6 Å². The number of rotatable bonds is 9. The van der Waals surface area contributed by atoms with Crippen molar-refractivity contribution in [2.24, 2.45) is 5.92 Å². The summed E-state index contributed by atoms with van der Waals surface area (Å²) in [7, 11) is 1.47. The van der Waals surface area contributed by atoms with Crippen LogP contribution in [0.5, 0.6) is 0 Å². The van der Waals surface area contributed by atoms with E-state index in [2.05, 4.69) is 15.6 Å². The van der Waals surface area contributed by atoms with Crippen molar-refractivity contribution in [2.75, 3.05) is 13.7 Å².